The summed E-state index contributed by atoms with van der Waals surface area (Å²) in [7, 11) is 0. The lowest BCUT2D eigenvalue weighted by molar-refractivity contribution is -0.0171. The number of nitrogen functional groups attached to an aromatic ring is 1. The monoisotopic (exact) mass is 387 g/mol. The van der Waals surface area contributed by atoms with Crippen LogP contribution in [0.5, 0.6) is 0 Å². The molecule has 1 aromatic carbocycles. The van der Waals surface area contributed by atoms with E-state index in [1.54, 1.807) is 23.1 Å². The number of amides is 3. The number of carbonyl (C=O) groups is 2. The standard InChI is InChI=1S/C19H22FN5O3/c1-12-2-5-15(16(20)8-12)17-11-25(6-7-28-17)19(27)23-10-14-4-3-13(9-22-14)18(26)24-21/h2-5,8-9,17H,6-7,10-11,21H2,1H3,(H,23,27)(H,24,26). The van der Waals surface area contributed by atoms with Crippen LogP contribution in [0.15, 0.2) is 36.5 Å². The number of nitrogens with two attached hydrogens (primary N) is 1. The minimum atomic E-state index is -0.507. The van der Waals surface area contributed by atoms with Crippen LogP contribution < -0.4 is 16.6 Å². The van der Waals surface area contributed by atoms with Gasteiger partial charge in [0, 0.05) is 18.3 Å². The molecule has 1 atom stereocenters. The van der Waals surface area contributed by atoms with Gasteiger partial charge in [-0.3, -0.25) is 15.2 Å². The lowest BCUT2D eigenvalue weighted by Gasteiger charge is -2.33. The molecule has 2 aromatic rings. The number of ether oxygens (including phenoxy) is 1. The summed E-state index contributed by atoms with van der Waals surface area (Å²) in [6, 6.07) is 7.89. The smallest absolute Gasteiger partial charge is 0.317 e. The van der Waals surface area contributed by atoms with Gasteiger partial charge in [0.2, 0.25) is 0 Å². The second-order valence-corrected chi connectivity index (χ2v) is 6.50. The van der Waals surface area contributed by atoms with Crippen LogP contribution in [0.2, 0.25) is 0 Å². The zero-order valence-electron chi connectivity index (χ0n) is 15.4. The van der Waals surface area contributed by atoms with Crippen LogP contribution in [-0.4, -0.2) is 41.5 Å². The average Bonchev–Trinajstić information content (AvgIpc) is 2.72. The van der Waals surface area contributed by atoms with Gasteiger partial charge in [0.05, 0.1) is 31.0 Å². The van der Waals surface area contributed by atoms with E-state index in [1.165, 1.54) is 12.3 Å². The van der Waals surface area contributed by atoms with Crippen LogP contribution in [0, 0.1) is 12.7 Å². The third-order valence-electron chi connectivity index (χ3n) is 4.50. The van der Waals surface area contributed by atoms with Crippen LogP contribution >= 0.6 is 0 Å². The van der Waals surface area contributed by atoms with Gasteiger partial charge in [-0.15, -0.1) is 0 Å². The molecule has 3 amide bonds. The van der Waals surface area contributed by atoms with Gasteiger partial charge in [0.1, 0.15) is 11.9 Å². The number of halogens is 1. The van der Waals surface area contributed by atoms with Crippen molar-refractivity contribution in [3.63, 3.8) is 0 Å². The maximum atomic E-state index is 14.2. The van der Waals surface area contributed by atoms with Gasteiger partial charge < -0.3 is 15.0 Å². The van der Waals surface area contributed by atoms with Gasteiger partial charge in [0.25, 0.3) is 5.91 Å². The SMILES string of the molecule is Cc1ccc(C2CN(C(=O)NCc3ccc(C(=O)NN)cn3)CCO2)c(F)c1. The third kappa shape index (κ3) is 4.62. The van der Waals surface area contributed by atoms with Gasteiger partial charge in [-0.1, -0.05) is 12.1 Å². The fourth-order valence-corrected chi connectivity index (χ4v) is 2.94. The first-order chi connectivity index (χ1) is 13.5. The molecular weight excluding hydrogens is 365 g/mol. The molecule has 2 heterocycles. The molecule has 3 rings (SSSR count). The zero-order valence-corrected chi connectivity index (χ0v) is 15.4. The van der Waals surface area contributed by atoms with Gasteiger partial charge in [-0.25, -0.2) is 15.0 Å². The van der Waals surface area contributed by atoms with Crippen LogP contribution in [0.4, 0.5) is 9.18 Å². The summed E-state index contributed by atoms with van der Waals surface area (Å²) in [5.41, 5.74) is 4.22. The molecule has 0 bridgehead atoms. The molecule has 0 spiro atoms. The highest BCUT2D eigenvalue weighted by Crippen LogP contribution is 2.25. The molecule has 1 fully saturated rings. The van der Waals surface area contributed by atoms with E-state index in [0.717, 1.165) is 5.56 Å². The minimum absolute atomic E-state index is 0.199. The Morgan fingerprint density at radius 3 is 2.86 bits per heavy atom. The summed E-state index contributed by atoms with van der Waals surface area (Å²) in [6.07, 6.45) is 0.876. The van der Waals surface area contributed by atoms with Crippen LogP contribution in [0.25, 0.3) is 0 Å². The van der Waals surface area contributed by atoms with E-state index in [0.29, 0.717) is 30.0 Å². The Morgan fingerprint density at radius 2 is 2.18 bits per heavy atom. The largest absolute Gasteiger partial charge is 0.370 e. The molecular formula is C19H22FN5O3. The topological polar surface area (TPSA) is 110 Å². The van der Waals surface area contributed by atoms with Crippen molar-refractivity contribution in [1.82, 2.24) is 20.6 Å². The summed E-state index contributed by atoms with van der Waals surface area (Å²) < 4.78 is 19.9. The zero-order chi connectivity index (χ0) is 20.1. The van der Waals surface area contributed by atoms with Gasteiger partial charge in [-0.05, 0) is 30.7 Å². The Kier molecular flexibility index (Phi) is 6.17. The van der Waals surface area contributed by atoms with Gasteiger partial charge in [0.15, 0.2) is 0 Å². The molecule has 0 saturated carbocycles. The van der Waals surface area contributed by atoms with Crippen molar-refractivity contribution in [1.29, 1.82) is 0 Å². The second-order valence-electron chi connectivity index (χ2n) is 6.50. The van der Waals surface area contributed by atoms with Crippen LogP contribution in [0.1, 0.15) is 33.3 Å². The number of aryl methyl sites for hydroxylation is 1. The summed E-state index contributed by atoms with van der Waals surface area (Å²) in [5.74, 6) is 4.30. The fourth-order valence-electron chi connectivity index (χ4n) is 2.94. The Labute approximate surface area is 161 Å². The summed E-state index contributed by atoms with van der Waals surface area (Å²) in [6.45, 7) is 3.02. The number of nitrogens with one attached hydrogen (secondary N) is 2. The lowest BCUT2D eigenvalue weighted by atomic mass is 10.1. The summed E-state index contributed by atoms with van der Waals surface area (Å²) in [4.78, 5) is 29.6. The molecule has 1 saturated heterocycles. The number of nitrogens with zero attached hydrogens (tertiary/aromatic N) is 2. The van der Waals surface area contributed by atoms with E-state index in [4.69, 9.17) is 10.6 Å². The molecule has 8 nitrogen and oxygen atoms in total. The number of hydrazine groups is 1. The number of hydrogen-bond donors (Lipinski definition) is 3. The third-order valence-corrected chi connectivity index (χ3v) is 4.50. The molecule has 0 radical (unpaired) electrons. The van der Waals surface area contributed by atoms with Crippen molar-refractivity contribution in [3.05, 3.63) is 64.7 Å². The molecule has 1 aliphatic rings. The number of rotatable bonds is 4. The fraction of sp³-hybridized carbons (Fsp3) is 0.316. The number of morpholine rings is 1. The van der Waals surface area contributed by atoms with Crippen molar-refractivity contribution in [2.75, 3.05) is 19.7 Å². The van der Waals surface area contributed by atoms with E-state index < -0.39 is 12.0 Å². The van der Waals surface area contributed by atoms with Crippen LogP contribution in [-0.2, 0) is 11.3 Å². The van der Waals surface area contributed by atoms with Crippen molar-refractivity contribution < 1.29 is 18.7 Å². The molecule has 9 heteroatoms. The highest BCUT2D eigenvalue weighted by molar-refractivity contribution is 5.93. The maximum Gasteiger partial charge on any atom is 0.317 e. The molecule has 148 valence electrons. The van der Waals surface area contributed by atoms with Crippen molar-refractivity contribution in [3.8, 4) is 0 Å². The summed E-state index contributed by atoms with van der Waals surface area (Å²) >= 11 is 0. The average molecular weight is 387 g/mol. The molecule has 28 heavy (non-hydrogen) atoms. The van der Waals surface area contributed by atoms with Crippen molar-refractivity contribution in [2.24, 2.45) is 5.84 Å². The van der Waals surface area contributed by atoms with E-state index in [9.17, 15) is 14.0 Å². The Balaban J connectivity index is 1.57. The van der Waals surface area contributed by atoms with Crippen molar-refractivity contribution in [2.45, 2.75) is 19.6 Å². The second kappa shape index (κ2) is 8.77. The number of benzene rings is 1. The molecule has 0 aliphatic carbocycles. The Morgan fingerprint density at radius 1 is 1.36 bits per heavy atom. The summed E-state index contributed by atoms with van der Waals surface area (Å²) in [5, 5.41) is 2.78. The molecule has 1 aliphatic heterocycles. The van der Waals surface area contributed by atoms with E-state index in [1.807, 2.05) is 18.4 Å². The number of hydrogen-bond acceptors (Lipinski definition) is 5. The number of urea groups is 1. The van der Waals surface area contributed by atoms with Gasteiger partial charge >= 0.3 is 6.03 Å². The normalized spacial score (nSPS) is 16.5. The van der Waals surface area contributed by atoms with Crippen molar-refractivity contribution >= 4 is 11.9 Å². The Hall–Kier alpha value is -3.04. The van der Waals surface area contributed by atoms with Crippen LogP contribution in [0.3, 0.4) is 0 Å². The van der Waals surface area contributed by atoms with E-state index in [2.05, 4.69) is 10.3 Å². The lowest BCUT2D eigenvalue weighted by Crippen LogP contribution is -2.47. The number of pyridine rings is 1. The first-order valence-electron chi connectivity index (χ1n) is 8.84. The van der Waals surface area contributed by atoms with E-state index in [-0.39, 0.29) is 24.9 Å². The predicted molar refractivity (Wildman–Crippen MR) is 99.5 cm³/mol. The molecule has 1 unspecified atom stereocenters. The predicted octanol–water partition coefficient (Wildman–Crippen LogP) is 1.42. The minimum Gasteiger partial charge on any atom is -0.370 e. The first kappa shape index (κ1) is 19.7. The van der Waals surface area contributed by atoms with Gasteiger partial charge in [-0.2, -0.15) is 0 Å². The molecule has 1 aromatic heterocycles. The highest BCUT2D eigenvalue weighted by atomic mass is 19.1. The first-order valence-corrected chi connectivity index (χ1v) is 8.84. The molecule has 4 N–H and O–H groups in total. The van der Waals surface area contributed by atoms with E-state index >= 15 is 0 Å². The number of aromatic nitrogens is 1. The number of carbonyl (C=O) groups excluding carboxylic acids is 2. The highest BCUT2D eigenvalue weighted by Gasteiger charge is 2.27. The maximum absolute atomic E-state index is 14.2. The quantitative estimate of drug-likeness (QED) is 0.418. The Bertz CT molecular complexity index is 859.